The summed E-state index contributed by atoms with van der Waals surface area (Å²) in [4.78, 5) is 44.5. The number of nitro groups is 3. The number of carbonyl (C=O) groups excluding carboxylic acids is 1. The summed E-state index contributed by atoms with van der Waals surface area (Å²) in [6.07, 6.45) is 0. The summed E-state index contributed by atoms with van der Waals surface area (Å²) in [5, 5.41) is 39.0. The van der Waals surface area contributed by atoms with Crippen LogP contribution in [0.4, 0.5) is 34.1 Å². The van der Waals surface area contributed by atoms with E-state index < -0.39 is 43.3 Å². The van der Waals surface area contributed by atoms with Crippen LogP contribution in [-0.4, -0.2) is 20.7 Å². The number of nitro benzene ring substituents is 3. The highest BCUT2D eigenvalue weighted by atomic mass is 35.5. The molecular weight excluding hydrogens is 517 g/mol. The van der Waals surface area contributed by atoms with Crippen molar-refractivity contribution in [3.8, 4) is 0 Å². The van der Waals surface area contributed by atoms with Crippen molar-refractivity contribution < 1.29 is 19.6 Å². The lowest BCUT2D eigenvalue weighted by Crippen LogP contribution is -2.16. The summed E-state index contributed by atoms with van der Waals surface area (Å²) in [6, 6.07) is 8.90. The Balaban J connectivity index is 2.14. The first kappa shape index (κ1) is 24.6. The lowest BCUT2D eigenvalue weighted by Gasteiger charge is -2.14. The van der Waals surface area contributed by atoms with Gasteiger partial charge in [0.1, 0.15) is 5.69 Å². The smallest absolute Gasteiger partial charge is 0.300 e. The third-order valence-electron chi connectivity index (χ3n) is 4.35. The summed E-state index contributed by atoms with van der Waals surface area (Å²) < 4.78 is 0. The SMILES string of the molecule is O=C(Nc1ccc([N+](=O)[O-])cc1Cl)c1cc([N+](=O)[O-])cc([N+](=O)[O-])c1Nc1cc(Cl)ccc1Cl. The van der Waals surface area contributed by atoms with E-state index in [0.29, 0.717) is 6.07 Å². The van der Waals surface area contributed by atoms with Crippen LogP contribution in [0.25, 0.3) is 0 Å². The molecule has 1 amide bonds. The number of halogens is 3. The molecule has 0 aromatic heterocycles. The Kier molecular flexibility index (Phi) is 7.15. The largest absolute Gasteiger partial charge is 0.348 e. The molecule has 0 aliphatic carbocycles. The molecule has 2 N–H and O–H groups in total. The van der Waals surface area contributed by atoms with Crippen molar-refractivity contribution in [2.75, 3.05) is 10.6 Å². The molecular formula is C19H10Cl3N5O7. The van der Waals surface area contributed by atoms with Gasteiger partial charge < -0.3 is 10.6 Å². The van der Waals surface area contributed by atoms with E-state index in [-0.39, 0.29) is 32.1 Å². The van der Waals surface area contributed by atoms with Crippen molar-refractivity contribution in [3.63, 3.8) is 0 Å². The number of benzene rings is 3. The minimum atomic E-state index is -1.02. The molecule has 0 saturated heterocycles. The highest BCUT2D eigenvalue weighted by Gasteiger charge is 2.28. The highest BCUT2D eigenvalue weighted by Crippen LogP contribution is 2.38. The Hall–Kier alpha value is -4.00. The molecule has 3 aromatic carbocycles. The summed E-state index contributed by atoms with van der Waals surface area (Å²) in [5.74, 6) is -1.02. The van der Waals surface area contributed by atoms with Gasteiger partial charge >= 0.3 is 0 Å². The van der Waals surface area contributed by atoms with Crippen LogP contribution >= 0.6 is 34.8 Å². The zero-order chi connectivity index (χ0) is 25.2. The first-order valence-electron chi connectivity index (χ1n) is 8.92. The lowest BCUT2D eigenvalue weighted by molar-refractivity contribution is -0.393. The fourth-order valence-electron chi connectivity index (χ4n) is 2.81. The number of hydrogen-bond donors (Lipinski definition) is 2. The average Bonchev–Trinajstić information content (AvgIpc) is 2.77. The number of nitrogens with zero attached hydrogens (tertiary/aromatic N) is 3. The quantitative estimate of drug-likeness (QED) is 0.264. The van der Waals surface area contributed by atoms with Crippen molar-refractivity contribution in [3.05, 3.63) is 99.5 Å². The van der Waals surface area contributed by atoms with Gasteiger partial charge in [0, 0.05) is 23.2 Å². The second kappa shape index (κ2) is 9.87. The molecule has 0 heterocycles. The Bertz CT molecular complexity index is 1370. The standard InChI is InChI=1S/C19H10Cl3N5O7/c20-9-1-3-13(21)16(5-9)23-18-12(6-11(26(31)32)8-17(18)27(33)34)19(28)24-15-4-2-10(25(29)30)7-14(15)22/h1-8,23H,(H,24,28). The van der Waals surface area contributed by atoms with Gasteiger partial charge in [-0.1, -0.05) is 34.8 Å². The highest BCUT2D eigenvalue weighted by molar-refractivity contribution is 6.35. The Morgan fingerprint density at radius 1 is 0.735 bits per heavy atom. The molecule has 34 heavy (non-hydrogen) atoms. The molecule has 0 unspecified atom stereocenters. The Morgan fingerprint density at radius 2 is 1.41 bits per heavy atom. The zero-order valence-corrected chi connectivity index (χ0v) is 18.7. The molecule has 3 rings (SSSR count). The molecule has 0 aliphatic heterocycles. The molecule has 0 saturated carbocycles. The third-order valence-corrected chi connectivity index (χ3v) is 5.23. The Morgan fingerprint density at radius 3 is 2.00 bits per heavy atom. The van der Waals surface area contributed by atoms with Crippen LogP contribution in [-0.2, 0) is 0 Å². The molecule has 12 nitrogen and oxygen atoms in total. The molecule has 0 aliphatic rings. The number of rotatable bonds is 7. The maximum atomic E-state index is 13.0. The van der Waals surface area contributed by atoms with Gasteiger partial charge in [-0.25, -0.2) is 0 Å². The number of hydrogen-bond acceptors (Lipinski definition) is 8. The van der Waals surface area contributed by atoms with Gasteiger partial charge in [0.25, 0.3) is 23.0 Å². The first-order valence-corrected chi connectivity index (χ1v) is 10.1. The van der Waals surface area contributed by atoms with Crippen LogP contribution in [0.2, 0.25) is 15.1 Å². The van der Waals surface area contributed by atoms with Crippen LogP contribution in [0.15, 0.2) is 48.5 Å². The third kappa shape index (κ3) is 5.31. The van der Waals surface area contributed by atoms with Gasteiger partial charge in [-0.15, -0.1) is 0 Å². The second-order valence-corrected chi connectivity index (χ2v) is 7.78. The number of nitrogens with one attached hydrogen (secondary N) is 2. The maximum absolute atomic E-state index is 13.0. The van der Waals surface area contributed by atoms with Gasteiger partial charge in [0.15, 0.2) is 0 Å². The van der Waals surface area contributed by atoms with Crippen molar-refractivity contribution in [1.82, 2.24) is 0 Å². The van der Waals surface area contributed by atoms with Crippen LogP contribution in [0.1, 0.15) is 10.4 Å². The normalized spacial score (nSPS) is 10.4. The topological polar surface area (TPSA) is 171 Å². The number of carbonyl (C=O) groups is 1. The number of amides is 1. The van der Waals surface area contributed by atoms with Crippen LogP contribution in [0, 0.1) is 30.3 Å². The molecule has 174 valence electrons. The monoisotopic (exact) mass is 525 g/mol. The summed E-state index contributed by atoms with van der Waals surface area (Å²) in [6.45, 7) is 0. The second-order valence-electron chi connectivity index (χ2n) is 6.53. The molecule has 0 spiro atoms. The van der Waals surface area contributed by atoms with Crippen molar-refractivity contribution in [1.29, 1.82) is 0 Å². The molecule has 3 aromatic rings. The van der Waals surface area contributed by atoms with Crippen molar-refractivity contribution in [2.24, 2.45) is 0 Å². The predicted octanol–water partition coefficient (Wildman–Crippen LogP) is 6.37. The molecule has 0 radical (unpaired) electrons. The van der Waals surface area contributed by atoms with Crippen molar-refractivity contribution in [2.45, 2.75) is 0 Å². The molecule has 0 bridgehead atoms. The summed E-state index contributed by atoms with van der Waals surface area (Å²) in [5.41, 5.74) is -2.74. The zero-order valence-electron chi connectivity index (χ0n) is 16.5. The first-order chi connectivity index (χ1) is 16.0. The van der Waals surface area contributed by atoms with Crippen LogP contribution in [0.5, 0.6) is 0 Å². The van der Waals surface area contributed by atoms with E-state index in [1.165, 1.54) is 18.2 Å². The van der Waals surface area contributed by atoms with Crippen LogP contribution in [0.3, 0.4) is 0 Å². The molecule has 0 fully saturated rings. The fraction of sp³-hybridized carbons (Fsp3) is 0. The Labute approximate surface area is 204 Å². The minimum absolute atomic E-state index is 0.0711. The van der Waals surface area contributed by atoms with E-state index in [0.717, 1.165) is 24.3 Å². The number of anilines is 3. The van der Waals surface area contributed by atoms with E-state index in [1.54, 1.807) is 0 Å². The van der Waals surface area contributed by atoms with Crippen LogP contribution < -0.4 is 10.6 Å². The maximum Gasteiger partial charge on any atom is 0.300 e. The van der Waals surface area contributed by atoms with E-state index in [9.17, 15) is 35.1 Å². The average molecular weight is 527 g/mol. The van der Waals surface area contributed by atoms with Gasteiger partial charge in [0.2, 0.25) is 0 Å². The minimum Gasteiger partial charge on any atom is -0.348 e. The van der Waals surface area contributed by atoms with Gasteiger partial charge in [-0.05, 0) is 24.3 Å². The molecule has 15 heteroatoms. The predicted molar refractivity (Wildman–Crippen MR) is 126 cm³/mol. The molecule has 0 atom stereocenters. The van der Waals surface area contributed by atoms with Crippen molar-refractivity contribution >= 4 is 74.8 Å². The summed E-state index contributed by atoms with van der Waals surface area (Å²) >= 11 is 18.1. The van der Waals surface area contributed by atoms with Gasteiger partial charge in [-0.2, -0.15) is 0 Å². The number of non-ortho nitro benzene ring substituents is 2. The van der Waals surface area contributed by atoms with E-state index >= 15 is 0 Å². The van der Waals surface area contributed by atoms with E-state index in [2.05, 4.69) is 10.6 Å². The fourth-order valence-corrected chi connectivity index (χ4v) is 3.37. The van der Waals surface area contributed by atoms with E-state index in [4.69, 9.17) is 34.8 Å². The van der Waals surface area contributed by atoms with E-state index in [1.807, 2.05) is 0 Å². The summed E-state index contributed by atoms with van der Waals surface area (Å²) in [7, 11) is 0. The van der Waals surface area contributed by atoms with Gasteiger partial charge in [-0.3, -0.25) is 35.1 Å². The van der Waals surface area contributed by atoms with Gasteiger partial charge in [0.05, 0.1) is 47.8 Å². The lowest BCUT2D eigenvalue weighted by atomic mass is 10.1.